The van der Waals surface area contributed by atoms with E-state index in [1.807, 2.05) is 24.3 Å². The molecule has 0 aliphatic rings. The number of halogens is 2. The highest BCUT2D eigenvalue weighted by Gasteiger charge is 2.20. The summed E-state index contributed by atoms with van der Waals surface area (Å²) in [7, 11) is 3.02. The van der Waals surface area contributed by atoms with Gasteiger partial charge in [0.05, 0.1) is 32.0 Å². The standard InChI is InChI=1S/C26H23F2N7O3/c1-36-9-10-38-16-11-19(27)18(20(28)12-16)14-35-21-6-4-3-5-17(21)24(34-35)26-30-13-22(37-2)25(33-26)32-23-7-8-29-15-31-23/h3-8,11-13,15H,9-10,14H2,1-2H3,(H,29,30,31,32,33). The third-order valence-corrected chi connectivity index (χ3v) is 5.65. The monoisotopic (exact) mass is 519 g/mol. The Labute approximate surface area is 216 Å². The van der Waals surface area contributed by atoms with E-state index in [1.54, 1.807) is 12.3 Å². The molecular weight excluding hydrogens is 496 g/mol. The fourth-order valence-electron chi connectivity index (χ4n) is 3.83. The molecule has 0 saturated carbocycles. The first-order chi connectivity index (χ1) is 18.6. The van der Waals surface area contributed by atoms with Gasteiger partial charge in [-0.25, -0.2) is 28.7 Å². The number of fused-ring (bicyclic) bond motifs is 1. The van der Waals surface area contributed by atoms with Crippen LogP contribution in [0, 0.1) is 11.6 Å². The Bertz CT molecular complexity index is 1540. The molecule has 0 saturated heterocycles. The lowest BCUT2D eigenvalue weighted by molar-refractivity contribution is 0.146. The predicted octanol–water partition coefficient (Wildman–Crippen LogP) is 4.39. The summed E-state index contributed by atoms with van der Waals surface area (Å²) in [6.07, 6.45) is 4.51. The summed E-state index contributed by atoms with van der Waals surface area (Å²) in [4.78, 5) is 17.1. The van der Waals surface area contributed by atoms with Crippen LogP contribution in [0.5, 0.6) is 11.5 Å². The molecule has 0 spiro atoms. The highest BCUT2D eigenvalue weighted by Crippen LogP contribution is 2.31. The number of ether oxygens (including phenoxy) is 3. The zero-order valence-electron chi connectivity index (χ0n) is 20.6. The third-order valence-electron chi connectivity index (χ3n) is 5.65. The second-order valence-electron chi connectivity index (χ2n) is 8.06. The number of aromatic nitrogens is 6. The van der Waals surface area contributed by atoms with Gasteiger partial charge < -0.3 is 19.5 Å². The van der Waals surface area contributed by atoms with Gasteiger partial charge in [0, 0.05) is 36.4 Å². The molecule has 0 atom stereocenters. The Hall–Kier alpha value is -4.71. The number of benzene rings is 2. The van der Waals surface area contributed by atoms with E-state index in [0.29, 0.717) is 46.4 Å². The van der Waals surface area contributed by atoms with E-state index in [9.17, 15) is 8.78 Å². The van der Waals surface area contributed by atoms with Crippen LogP contribution in [-0.4, -0.2) is 57.1 Å². The Morgan fingerprint density at radius 2 is 1.82 bits per heavy atom. The molecule has 5 rings (SSSR count). The molecule has 0 radical (unpaired) electrons. The van der Waals surface area contributed by atoms with E-state index in [2.05, 4.69) is 30.4 Å². The van der Waals surface area contributed by atoms with Crippen LogP contribution >= 0.6 is 0 Å². The van der Waals surface area contributed by atoms with Crippen molar-refractivity contribution in [3.63, 3.8) is 0 Å². The highest BCUT2D eigenvalue weighted by molar-refractivity contribution is 5.92. The topological polar surface area (TPSA) is 109 Å². The van der Waals surface area contributed by atoms with Gasteiger partial charge in [-0.2, -0.15) is 5.10 Å². The second kappa shape index (κ2) is 11.1. The van der Waals surface area contributed by atoms with Gasteiger partial charge in [-0.05, 0) is 12.1 Å². The van der Waals surface area contributed by atoms with Crippen LogP contribution < -0.4 is 14.8 Å². The molecule has 0 unspecified atom stereocenters. The molecule has 0 aliphatic carbocycles. The summed E-state index contributed by atoms with van der Waals surface area (Å²) in [5.74, 6) is 0.177. The van der Waals surface area contributed by atoms with Crippen molar-refractivity contribution in [1.29, 1.82) is 0 Å². The van der Waals surface area contributed by atoms with Crippen LogP contribution in [0.25, 0.3) is 22.4 Å². The number of hydrogen-bond acceptors (Lipinski definition) is 9. The minimum Gasteiger partial charge on any atom is -0.491 e. The predicted molar refractivity (Wildman–Crippen MR) is 135 cm³/mol. The van der Waals surface area contributed by atoms with E-state index in [0.717, 1.165) is 12.1 Å². The Balaban J connectivity index is 1.51. The van der Waals surface area contributed by atoms with E-state index < -0.39 is 11.6 Å². The smallest absolute Gasteiger partial charge is 0.183 e. The van der Waals surface area contributed by atoms with Crippen LogP contribution in [-0.2, 0) is 11.3 Å². The van der Waals surface area contributed by atoms with Gasteiger partial charge in [-0.1, -0.05) is 18.2 Å². The summed E-state index contributed by atoms with van der Waals surface area (Å²) in [6, 6.07) is 11.3. The Morgan fingerprint density at radius 3 is 2.55 bits per heavy atom. The van der Waals surface area contributed by atoms with Gasteiger partial charge >= 0.3 is 0 Å². The summed E-state index contributed by atoms with van der Waals surface area (Å²) >= 11 is 0. The maximum absolute atomic E-state index is 14.9. The van der Waals surface area contributed by atoms with Gasteiger partial charge in [-0.3, -0.25) is 4.68 Å². The number of methoxy groups -OCH3 is 2. The van der Waals surface area contributed by atoms with Crippen molar-refractivity contribution in [2.45, 2.75) is 6.54 Å². The first-order valence-corrected chi connectivity index (χ1v) is 11.6. The van der Waals surface area contributed by atoms with Crippen molar-refractivity contribution in [2.75, 3.05) is 32.8 Å². The second-order valence-corrected chi connectivity index (χ2v) is 8.06. The van der Waals surface area contributed by atoms with E-state index in [1.165, 1.54) is 31.4 Å². The average Bonchev–Trinajstić information content (AvgIpc) is 3.30. The summed E-state index contributed by atoms with van der Waals surface area (Å²) in [5, 5.41) is 8.44. The van der Waals surface area contributed by atoms with Crippen LogP contribution in [0.15, 0.2) is 61.2 Å². The highest BCUT2D eigenvalue weighted by atomic mass is 19.1. The van der Waals surface area contributed by atoms with E-state index in [-0.39, 0.29) is 24.5 Å². The number of nitrogens with one attached hydrogen (secondary N) is 1. The van der Waals surface area contributed by atoms with Crippen molar-refractivity contribution in [2.24, 2.45) is 0 Å². The summed E-state index contributed by atoms with van der Waals surface area (Å²) in [5.41, 5.74) is 0.950. The first-order valence-electron chi connectivity index (χ1n) is 11.6. The Kier molecular flexibility index (Phi) is 7.31. The fourth-order valence-corrected chi connectivity index (χ4v) is 3.83. The molecular formula is C26H23F2N7O3. The van der Waals surface area contributed by atoms with Crippen LogP contribution in [0.4, 0.5) is 20.4 Å². The molecule has 2 aromatic carbocycles. The van der Waals surface area contributed by atoms with Crippen molar-refractivity contribution >= 4 is 22.5 Å². The quantitative estimate of drug-likeness (QED) is 0.269. The number of nitrogens with zero attached hydrogens (tertiary/aromatic N) is 6. The van der Waals surface area contributed by atoms with Crippen molar-refractivity contribution < 1.29 is 23.0 Å². The average molecular weight is 520 g/mol. The summed E-state index contributed by atoms with van der Waals surface area (Å²) in [6.45, 7) is 0.327. The van der Waals surface area contributed by atoms with Gasteiger partial charge in [0.2, 0.25) is 0 Å². The lowest BCUT2D eigenvalue weighted by Crippen LogP contribution is -2.09. The SMILES string of the molecule is COCCOc1cc(F)c(Cn2nc(-c3ncc(OC)c(Nc4ccncn4)n3)c3ccccc32)c(F)c1. The molecule has 10 nitrogen and oxygen atoms in total. The lowest BCUT2D eigenvalue weighted by Gasteiger charge is -2.11. The third kappa shape index (κ3) is 5.20. The van der Waals surface area contributed by atoms with Gasteiger partial charge in [-0.15, -0.1) is 0 Å². The molecule has 0 amide bonds. The van der Waals surface area contributed by atoms with Crippen molar-refractivity contribution in [3.05, 3.63) is 78.4 Å². The molecule has 3 heterocycles. The van der Waals surface area contributed by atoms with Crippen LogP contribution in [0.3, 0.4) is 0 Å². The van der Waals surface area contributed by atoms with Gasteiger partial charge in [0.25, 0.3) is 0 Å². The largest absolute Gasteiger partial charge is 0.491 e. The normalized spacial score (nSPS) is 11.1. The van der Waals surface area contributed by atoms with Gasteiger partial charge in [0.1, 0.15) is 41.8 Å². The zero-order chi connectivity index (χ0) is 26.5. The molecule has 0 fully saturated rings. The summed E-state index contributed by atoms with van der Waals surface area (Å²) < 4.78 is 47.0. The fraction of sp³-hybridized carbons (Fsp3) is 0.192. The maximum Gasteiger partial charge on any atom is 0.183 e. The molecule has 3 aromatic heterocycles. The Morgan fingerprint density at radius 1 is 1.00 bits per heavy atom. The first kappa shape index (κ1) is 25.0. The number of para-hydroxylation sites is 1. The molecule has 12 heteroatoms. The minimum absolute atomic E-state index is 0.0853. The van der Waals surface area contributed by atoms with Crippen molar-refractivity contribution in [1.82, 2.24) is 29.7 Å². The molecule has 0 aliphatic heterocycles. The number of hydrogen-bond donors (Lipinski definition) is 1. The molecule has 38 heavy (non-hydrogen) atoms. The van der Waals surface area contributed by atoms with E-state index >= 15 is 0 Å². The number of anilines is 2. The van der Waals surface area contributed by atoms with Crippen molar-refractivity contribution in [3.8, 4) is 23.0 Å². The minimum atomic E-state index is -0.740. The number of rotatable bonds is 10. The molecule has 0 bridgehead atoms. The molecule has 5 aromatic rings. The molecule has 194 valence electrons. The molecule has 1 N–H and O–H groups in total. The van der Waals surface area contributed by atoms with E-state index in [4.69, 9.17) is 14.2 Å². The zero-order valence-corrected chi connectivity index (χ0v) is 20.6. The van der Waals surface area contributed by atoms with Gasteiger partial charge in [0.15, 0.2) is 17.4 Å². The lowest BCUT2D eigenvalue weighted by atomic mass is 10.1. The van der Waals surface area contributed by atoms with Crippen LogP contribution in [0.1, 0.15) is 5.56 Å². The van der Waals surface area contributed by atoms with Crippen LogP contribution in [0.2, 0.25) is 0 Å². The maximum atomic E-state index is 14.9.